The van der Waals surface area contributed by atoms with Gasteiger partial charge in [-0.3, -0.25) is 14.9 Å². The normalized spacial score (nSPS) is 14.8. The van der Waals surface area contributed by atoms with Gasteiger partial charge in [-0.25, -0.2) is 14.5 Å². The molecule has 0 bridgehead atoms. The first-order chi connectivity index (χ1) is 15.9. The quantitative estimate of drug-likeness (QED) is 0.372. The van der Waals surface area contributed by atoms with E-state index in [0.717, 1.165) is 16.9 Å². The van der Waals surface area contributed by atoms with E-state index in [1.165, 1.54) is 13.2 Å². The number of esters is 1. The first-order valence-electron chi connectivity index (χ1n) is 10.3. The van der Waals surface area contributed by atoms with Gasteiger partial charge in [-0.1, -0.05) is 25.1 Å². The third kappa shape index (κ3) is 5.38. The van der Waals surface area contributed by atoms with Crippen LogP contribution in [0.15, 0.2) is 48.0 Å². The van der Waals surface area contributed by atoms with E-state index in [1.807, 2.05) is 19.1 Å². The Morgan fingerprint density at radius 3 is 2.36 bits per heavy atom. The Labute approximate surface area is 190 Å². The predicted octanol–water partition coefficient (Wildman–Crippen LogP) is 2.87. The van der Waals surface area contributed by atoms with Gasteiger partial charge in [0, 0.05) is 0 Å². The van der Waals surface area contributed by atoms with E-state index in [1.54, 1.807) is 37.3 Å². The number of rotatable bonds is 8. The molecule has 9 nitrogen and oxygen atoms in total. The summed E-state index contributed by atoms with van der Waals surface area (Å²) in [5.41, 5.74) is 1.67. The summed E-state index contributed by atoms with van der Waals surface area (Å²) in [5.74, 6) is -1.46. The van der Waals surface area contributed by atoms with Crippen molar-refractivity contribution in [2.75, 3.05) is 25.2 Å². The van der Waals surface area contributed by atoms with Gasteiger partial charge in [0.2, 0.25) is 0 Å². The first kappa shape index (κ1) is 23.5. The highest BCUT2D eigenvalue weighted by Gasteiger charge is 2.36. The monoisotopic (exact) mass is 452 g/mol. The number of carbonyl (C=O) groups excluding carboxylic acids is 4. The fourth-order valence-corrected chi connectivity index (χ4v) is 3.14. The predicted molar refractivity (Wildman–Crippen MR) is 120 cm³/mol. The summed E-state index contributed by atoms with van der Waals surface area (Å²) in [6.07, 6.45) is 2.18. The Hall–Kier alpha value is -4.14. The fraction of sp³-hybridized carbons (Fsp3) is 0.250. The van der Waals surface area contributed by atoms with Crippen molar-refractivity contribution < 1.29 is 33.4 Å². The van der Waals surface area contributed by atoms with E-state index < -0.39 is 23.8 Å². The van der Waals surface area contributed by atoms with Crippen LogP contribution in [0.25, 0.3) is 6.08 Å². The van der Waals surface area contributed by atoms with Crippen molar-refractivity contribution in [3.8, 4) is 11.5 Å². The number of nitrogens with zero attached hydrogens (tertiary/aromatic N) is 1. The highest BCUT2D eigenvalue weighted by Crippen LogP contribution is 2.30. The number of carbonyl (C=O) groups is 4. The molecule has 2 aromatic carbocycles. The van der Waals surface area contributed by atoms with Crippen LogP contribution in [0.4, 0.5) is 10.5 Å². The number of barbiturate groups is 1. The topological polar surface area (TPSA) is 111 Å². The average molecular weight is 452 g/mol. The number of amides is 4. The van der Waals surface area contributed by atoms with Crippen LogP contribution in [0.1, 0.15) is 25.0 Å². The average Bonchev–Trinajstić information content (AvgIpc) is 2.81. The highest BCUT2D eigenvalue weighted by atomic mass is 16.6. The molecule has 1 aliphatic heterocycles. The van der Waals surface area contributed by atoms with E-state index in [4.69, 9.17) is 9.47 Å². The number of methoxy groups -OCH3 is 1. The third-order valence-electron chi connectivity index (χ3n) is 4.86. The molecule has 9 heteroatoms. The van der Waals surface area contributed by atoms with Crippen LogP contribution >= 0.6 is 0 Å². The van der Waals surface area contributed by atoms with Gasteiger partial charge in [0.25, 0.3) is 11.8 Å². The Morgan fingerprint density at radius 1 is 1.00 bits per heavy atom. The van der Waals surface area contributed by atoms with Gasteiger partial charge in [-0.2, -0.15) is 0 Å². The van der Waals surface area contributed by atoms with Gasteiger partial charge in [0.05, 0.1) is 19.4 Å². The molecule has 1 saturated heterocycles. The standard InChI is InChI=1S/C24H24N2O7/c1-4-15-6-9-17(10-7-15)26-23(29)18(22(28)25-24(26)30)12-16-8-11-19(20(13-16)32-5-2)33-14-21(27)31-3/h6-13H,4-5,14H2,1-3H3,(H,25,28,30)/b18-12-. The van der Waals surface area contributed by atoms with E-state index in [9.17, 15) is 19.2 Å². The SMILES string of the molecule is CCOc1cc(/C=C2/C(=O)NC(=O)N(c3ccc(CC)cc3)C2=O)ccc1OCC(=O)OC. The Bertz CT molecular complexity index is 1110. The first-order valence-corrected chi connectivity index (χ1v) is 10.3. The van der Waals surface area contributed by atoms with Crippen LogP contribution in [-0.4, -0.2) is 44.1 Å². The van der Waals surface area contributed by atoms with Crippen molar-refractivity contribution >= 4 is 35.6 Å². The van der Waals surface area contributed by atoms with Crippen LogP contribution in [-0.2, 0) is 25.5 Å². The van der Waals surface area contributed by atoms with Crippen LogP contribution in [0.2, 0.25) is 0 Å². The van der Waals surface area contributed by atoms with Crippen LogP contribution in [0.5, 0.6) is 11.5 Å². The zero-order valence-corrected chi connectivity index (χ0v) is 18.5. The van der Waals surface area contributed by atoms with E-state index in [0.29, 0.717) is 29.4 Å². The van der Waals surface area contributed by atoms with Crippen LogP contribution in [0, 0.1) is 0 Å². The number of nitrogens with one attached hydrogen (secondary N) is 1. The van der Waals surface area contributed by atoms with E-state index >= 15 is 0 Å². The zero-order valence-electron chi connectivity index (χ0n) is 18.5. The molecule has 4 amide bonds. The van der Waals surface area contributed by atoms with Gasteiger partial charge in [0.15, 0.2) is 18.1 Å². The Kier molecular flexibility index (Phi) is 7.45. The second kappa shape index (κ2) is 10.4. The van der Waals surface area contributed by atoms with E-state index in [-0.39, 0.29) is 12.2 Å². The molecule has 0 saturated carbocycles. The minimum atomic E-state index is -0.812. The molecule has 0 radical (unpaired) electrons. The largest absolute Gasteiger partial charge is 0.490 e. The van der Waals surface area contributed by atoms with Gasteiger partial charge in [0.1, 0.15) is 5.57 Å². The maximum atomic E-state index is 13.1. The molecule has 172 valence electrons. The number of ether oxygens (including phenoxy) is 3. The number of urea groups is 1. The lowest BCUT2D eigenvalue weighted by Gasteiger charge is -2.26. The molecule has 0 aliphatic carbocycles. The van der Waals surface area contributed by atoms with Crippen molar-refractivity contribution in [2.45, 2.75) is 20.3 Å². The minimum absolute atomic E-state index is 0.208. The molecular weight excluding hydrogens is 428 g/mol. The molecule has 0 aromatic heterocycles. The summed E-state index contributed by atoms with van der Waals surface area (Å²) in [4.78, 5) is 50.1. The van der Waals surface area contributed by atoms with Gasteiger partial charge < -0.3 is 14.2 Å². The van der Waals surface area contributed by atoms with Crippen molar-refractivity contribution in [1.82, 2.24) is 5.32 Å². The lowest BCUT2D eigenvalue weighted by Crippen LogP contribution is -2.54. The second-order valence-electron chi connectivity index (χ2n) is 6.98. The van der Waals surface area contributed by atoms with Crippen LogP contribution in [0.3, 0.4) is 0 Å². The van der Waals surface area contributed by atoms with Crippen molar-refractivity contribution in [3.05, 3.63) is 59.2 Å². The maximum absolute atomic E-state index is 13.1. The number of imide groups is 2. The number of benzene rings is 2. The summed E-state index contributed by atoms with van der Waals surface area (Å²) in [7, 11) is 1.25. The van der Waals surface area contributed by atoms with Crippen molar-refractivity contribution in [3.63, 3.8) is 0 Å². The number of hydrogen-bond donors (Lipinski definition) is 1. The van der Waals surface area contributed by atoms with Gasteiger partial charge in [-0.05, 0) is 54.8 Å². The zero-order chi connectivity index (χ0) is 24.0. The van der Waals surface area contributed by atoms with Gasteiger partial charge >= 0.3 is 12.0 Å². The lowest BCUT2D eigenvalue weighted by molar-refractivity contribution is -0.143. The molecule has 0 spiro atoms. The number of hydrogen-bond acceptors (Lipinski definition) is 7. The molecule has 1 aliphatic rings. The summed E-state index contributed by atoms with van der Waals surface area (Å²) in [6.45, 7) is 3.80. The summed E-state index contributed by atoms with van der Waals surface area (Å²) in [6, 6.07) is 10.9. The van der Waals surface area contributed by atoms with Crippen molar-refractivity contribution in [1.29, 1.82) is 0 Å². The lowest BCUT2D eigenvalue weighted by atomic mass is 10.1. The van der Waals surface area contributed by atoms with E-state index in [2.05, 4.69) is 10.1 Å². The molecule has 1 N–H and O–H groups in total. The fourth-order valence-electron chi connectivity index (χ4n) is 3.14. The van der Waals surface area contributed by atoms with Crippen molar-refractivity contribution in [2.24, 2.45) is 0 Å². The third-order valence-corrected chi connectivity index (χ3v) is 4.86. The molecule has 0 unspecified atom stereocenters. The summed E-state index contributed by atoms with van der Waals surface area (Å²) in [5, 5.41) is 2.20. The minimum Gasteiger partial charge on any atom is -0.490 e. The smallest absolute Gasteiger partial charge is 0.343 e. The van der Waals surface area contributed by atoms with Crippen LogP contribution < -0.4 is 19.7 Å². The molecule has 0 atom stereocenters. The van der Waals surface area contributed by atoms with Gasteiger partial charge in [-0.15, -0.1) is 0 Å². The molecule has 2 aromatic rings. The Morgan fingerprint density at radius 2 is 1.73 bits per heavy atom. The second-order valence-corrected chi connectivity index (χ2v) is 6.98. The molecule has 3 rings (SSSR count). The maximum Gasteiger partial charge on any atom is 0.343 e. The number of aryl methyl sites for hydroxylation is 1. The number of anilines is 1. The summed E-state index contributed by atoms with van der Waals surface area (Å²) < 4.78 is 15.5. The molecule has 1 heterocycles. The molecular formula is C24H24N2O7. The Balaban J connectivity index is 1.91. The summed E-state index contributed by atoms with van der Waals surface area (Å²) >= 11 is 0. The molecule has 33 heavy (non-hydrogen) atoms. The molecule has 1 fully saturated rings. The highest BCUT2D eigenvalue weighted by molar-refractivity contribution is 6.39.